The normalized spacial score (nSPS) is 10.9. The number of fused-ring (bicyclic) bond motifs is 1. The van der Waals surface area contributed by atoms with Crippen LogP contribution in [0, 0.1) is 5.95 Å². The van der Waals surface area contributed by atoms with Crippen LogP contribution in [0.25, 0.3) is 22.2 Å². The first-order valence-electron chi connectivity index (χ1n) is 11.4. The number of anilines is 2. The lowest BCUT2D eigenvalue weighted by Crippen LogP contribution is -2.18. The highest BCUT2D eigenvalue weighted by atomic mass is 19.1. The summed E-state index contributed by atoms with van der Waals surface area (Å²) in [6.45, 7) is 2.75. The minimum Gasteiger partial charge on any atom is -0.457 e. The minimum atomic E-state index is -0.520. The molecule has 0 bridgehead atoms. The summed E-state index contributed by atoms with van der Waals surface area (Å²) in [5.74, 6) is 0.958. The van der Waals surface area contributed by atoms with E-state index in [9.17, 15) is 9.18 Å². The van der Waals surface area contributed by atoms with Crippen molar-refractivity contribution >= 4 is 28.6 Å². The highest BCUT2D eigenvalue weighted by Gasteiger charge is 2.13. The van der Waals surface area contributed by atoms with Crippen LogP contribution in [-0.4, -0.2) is 32.5 Å². The fourth-order valence-corrected chi connectivity index (χ4v) is 3.94. The Bertz CT molecular complexity index is 1580. The van der Waals surface area contributed by atoms with Gasteiger partial charge in [0, 0.05) is 52.7 Å². The SMILES string of the molecule is CCn1c(Nc2cccc(-c3ccnc(F)c3)c2)nc2cc(Oc3ccnc(C(=O)NC)c3)ccc21.[HH].[HH]. The number of nitrogens with zero attached hydrogens (tertiary/aromatic N) is 4. The van der Waals surface area contributed by atoms with Gasteiger partial charge in [-0.2, -0.15) is 4.39 Å². The van der Waals surface area contributed by atoms with Gasteiger partial charge < -0.3 is 19.9 Å². The van der Waals surface area contributed by atoms with E-state index in [0.717, 1.165) is 27.8 Å². The van der Waals surface area contributed by atoms with Crippen molar-refractivity contribution in [1.82, 2.24) is 24.8 Å². The summed E-state index contributed by atoms with van der Waals surface area (Å²) in [5, 5.41) is 5.93. The Hall–Kier alpha value is -4.79. The average Bonchev–Trinajstić information content (AvgIpc) is 3.24. The lowest BCUT2D eigenvalue weighted by Gasteiger charge is -2.10. The number of pyridine rings is 2. The average molecular weight is 487 g/mol. The number of rotatable bonds is 7. The molecule has 5 aromatic rings. The van der Waals surface area contributed by atoms with Crippen molar-refractivity contribution in [1.29, 1.82) is 0 Å². The van der Waals surface area contributed by atoms with E-state index in [4.69, 9.17) is 9.72 Å². The van der Waals surface area contributed by atoms with Gasteiger partial charge >= 0.3 is 0 Å². The van der Waals surface area contributed by atoms with Crippen molar-refractivity contribution in [2.75, 3.05) is 12.4 Å². The van der Waals surface area contributed by atoms with Gasteiger partial charge in [-0.3, -0.25) is 9.78 Å². The maximum Gasteiger partial charge on any atom is 0.269 e. The Kier molecular flexibility index (Phi) is 6.27. The van der Waals surface area contributed by atoms with Gasteiger partial charge in [0.15, 0.2) is 0 Å². The number of amides is 1. The van der Waals surface area contributed by atoms with Crippen LogP contribution < -0.4 is 15.4 Å². The van der Waals surface area contributed by atoms with Gasteiger partial charge in [-0.05, 0) is 54.4 Å². The Morgan fingerprint density at radius 3 is 2.61 bits per heavy atom. The lowest BCUT2D eigenvalue weighted by atomic mass is 10.1. The van der Waals surface area contributed by atoms with Crippen molar-refractivity contribution in [3.63, 3.8) is 0 Å². The first kappa shape index (κ1) is 23.0. The number of carbonyl (C=O) groups is 1. The number of halogens is 1. The van der Waals surface area contributed by atoms with Gasteiger partial charge in [0.05, 0.1) is 11.0 Å². The van der Waals surface area contributed by atoms with Gasteiger partial charge in [0.25, 0.3) is 5.91 Å². The van der Waals surface area contributed by atoms with Gasteiger partial charge in [-0.1, -0.05) is 12.1 Å². The third-order valence-electron chi connectivity index (χ3n) is 5.64. The minimum absolute atomic E-state index is 0. The van der Waals surface area contributed by atoms with Crippen LogP contribution in [0.2, 0.25) is 0 Å². The zero-order valence-electron chi connectivity index (χ0n) is 19.7. The molecule has 3 heterocycles. The molecule has 8 nitrogen and oxygen atoms in total. The molecule has 0 radical (unpaired) electrons. The van der Waals surface area contributed by atoms with E-state index in [1.807, 2.05) is 49.4 Å². The number of imidazole rings is 1. The monoisotopic (exact) mass is 486 g/mol. The van der Waals surface area contributed by atoms with Gasteiger partial charge in [-0.25, -0.2) is 9.97 Å². The topological polar surface area (TPSA) is 94.0 Å². The fourth-order valence-electron chi connectivity index (χ4n) is 3.94. The van der Waals surface area contributed by atoms with Crippen LogP contribution >= 0.6 is 0 Å². The van der Waals surface area contributed by atoms with Crippen molar-refractivity contribution in [3.05, 3.63) is 90.8 Å². The van der Waals surface area contributed by atoms with E-state index < -0.39 is 5.95 Å². The summed E-state index contributed by atoms with van der Waals surface area (Å²) in [6.07, 6.45) is 2.98. The smallest absolute Gasteiger partial charge is 0.269 e. The molecule has 0 aliphatic carbocycles. The standard InChI is InChI=1S/C27H23FN6O2.2H2/c1-3-34-24-8-7-20(36-21-10-12-30-23(16-21)26(35)29-2)15-22(24)33-27(34)32-19-6-4-5-17(13-19)18-9-11-31-25(28)14-18;;/h4-16H,3H2,1-2H3,(H,29,35)(H,32,33);2*1H. The molecular weight excluding hydrogens is 459 g/mol. The molecule has 184 valence electrons. The van der Waals surface area contributed by atoms with Crippen LogP contribution in [0.5, 0.6) is 11.5 Å². The Balaban J connectivity index is 0.00000200. The van der Waals surface area contributed by atoms with Crippen molar-refractivity contribution in [3.8, 4) is 22.6 Å². The lowest BCUT2D eigenvalue weighted by molar-refractivity contribution is 0.0958. The predicted octanol–water partition coefficient (Wildman–Crippen LogP) is 6.04. The number of nitrogens with one attached hydrogen (secondary N) is 2. The molecule has 0 aliphatic heterocycles. The number of hydrogen-bond donors (Lipinski definition) is 2. The van der Waals surface area contributed by atoms with Crippen LogP contribution in [-0.2, 0) is 6.54 Å². The summed E-state index contributed by atoms with van der Waals surface area (Å²) < 4.78 is 21.6. The highest BCUT2D eigenvalue weighted by Crippen LogP contribution is 2.30. The van der Waals surface area contributed by atoms with Crippen LogP contribution in [0.3, 0.4) is 0 Å². The van der Waals surface area contributed by atoms with E-state index >= 15 is 0 Å². The van der Waals surface area contributed by atoms with Crippen LogP contribution in [0.1, 0.15) is 20.3 Å². The number of aromatic nitrogens is 4. The second kappa shape index (κ2) is 9.83. The molecule has 0 unspecified atom stereocenters. The molecule has 0 aliphatic rings. The molecular formula is C27H27FN6O2. The van der Waals surface area contributed by atoms with E-state index in [0.29, 0.717) is 24.0 Å². The zero-order valence-corrected chi connectivity index (χ0v) is 19.7. The Labute approximate surface area is 209 Å². The van der Waals surface area contributed by atoms with E-state index in [2.05, 4.69) is 25.2 Å². The summed E-state index contributed by atoms with van der Waals surface area (Å²) in [7, 11) is 1.55. The Morgan fingerprint density at radius 2 is 1.81 bits per heavy atom. The van der Waals surface area contributed by atoms with Crippen molar-refractivity contribution < 1.29 is 16.8 Å². The van der Waals surface area contributed by atoms with E-state index in [-0.39, 0.29) is 14.5 Å². The highest BCUT2D eigenvalue weighted by molar-refractivity contribution is 5.92. The second-order valence-electron chi connectivity index (χ2n) is 7.96. The first-order chi connectivity index (χ1) is 17.5. The number of ether oxygens (including phenoxy) is 1. The van der Waals surface area contributed by atoms with Gasteiger partial charge in [0.2, 0.25) is 11.9 Å². The van der Waals surface area contributed by atoms with E-state index in [1.165, 1.54) is 18.5 Å². The Morgan fingerprint density at radius 1 is 1.00 bits per heavy atom. The van der Waals surface area contributed by atoms with Crippen LogP contribution in [0.15, 0.2) is 79.1 Å². The largest absolute Gasteiger partial charge is 0.457 e. The predicted molar refractivity (Wildman–Crippen MR) is 140 cm³/mol. The van der Waals surface area contributed by atoms with E-state index in [1.54, 1.807) is 25.2 Å². The summed E-state index contributed by atoms with van der Waals surface area (Å²) >= 11 is 0. The third kappa shape index (κ3) is 4.72. The molecule has 0 spiro atoms. The first-order valence-corrected chi connectivity index (χ1v) is 11.4. The molecule has 2 aromatic carbocycles. The number of aryl methyl sites for hydroxylation is 1. The molecule has 0 saturated heterocycles. The molecule has 0 fully saturated rings. The number of benzene rings is 2. The molecule has 9 heteroatoms. The van der Waals surface area contributed by atoms with Crippen LogP contribution in [0.4, 0.5) is 16.0 Å². The summed E-state index contributed by atoms with van der Waals surface area (Å²) in [5.41, 5.74) is 4.40. The quantitative estimate of drug-likeness (QED) is 0.273. The summed E-state index contributed by atoms with van der Waals surface area (Å²) in [4.78, 5) is 24.3. The molecule has 0 atom stereocenters. The van der Waals surface area contributed by atoms with Gasteiger partial charge in [0.1, 0.15) is 17.2 Å². The van der Waals surface area contributed by atoms with Gasteiger partial charge in [-0.15, -0.1) is 0 Å². The maximum absolute atomic E-state index is 13.6. The molecule has 2 N–H and O–H groups in total. The number of hydrogen-bond acceptors (Lipinski definition) is 6. The molecule has 5 rings (SSSR count). The molecule has 36 heavy (non-hydrogen) atoms. The zero-order chi connectivity index (χ0) is 25.1. The fraction of sp³-hybridized carbons (Fsp3) is 0.111. The molecule has 0 saturated carbocycles. The van der Waals surface area contributed by atoms with Crippen molar-refractivity contribution in [2.45, 2.75) is 13.5 Å². The molecule has 1 amide bonds. The maximum atomic E-state index is 13.6. The third-order valence-corrected chi connectivity index (χ3v) is 5.64. The summed E-state index contributed by atoms with van der Waals surface area (Å²) in [6, 6.07) is 19.8. The number of carbonyl (C=O) groups excluding carboxylic acids is 1. The second-order valence-corrected chi connectivity index (χ2v) is 7.96. The molecule has 3 aromatic heterocycles. The van der Waals surface area contributed by atoms with Crippen molar-refractivity contribution in [2.24, 2.45) is 0 Å².